The standard InChI is InChI=1S/C10H20BrNO/c1-3-9(4-2)10(13)12-8-6-5-7-11/h9H,3-8H2,1-2H3,(H,12,13). The van der Waals surface area contributed by atoms with Crippen molar-refractivity contribution in [2.24, 2.45) is 5.92 Å². The van der Waals surface area contributed by atoms with Crippen molar-refractivity contribution in [3.8, 4) is 0 Å². The van der Waals surface area contributed by atoms with Gasteiger partial charge in [-0.2, -0.15) is 0 Å². The van der Waals surface area contributed by atoms with Crippen LogP contribution in [0, 0.1) is 5.92 Å². The third kappa shape index (κ3) is 6.08. The summed E-state index contributed by atoms with van der Waals surface area (Å²) in [4.78, 5) is 11.4. The van der Waals surface area contributed by atoms with E-state index in [2.05, 4.69) is 35.1 Å². The molecule has 0 radical (unpaired) electrons. The van der Waals surface area contributed by atoms with E-state index in [1.807, 2.05) is 0 Å². The van der Waals surface area contributed by atoms with E-state index >= 15 is 0 Å². The molecule has 0 atom stereocenters. The van der Waals surface area contributed by atoms with Gasteiger partial charge in [-0.05, 0) is 25.7 Å². The highest BCUT2D eigenvalue weighted by Gasteiger charge is 2.12. The number of halogens is 1. The third-order valence-corrected chi connectivity index (χ3v) is 2.78. The van der Waals surface area contributed by atoms with E-state index in [-0.39, 0.29) is 11.8 Å². The van der Waals surface area contributed by atoms with Crippen molar-refractivity contribution in [2.75, 3.05) is 11.9 Å². The Kier molecular flexibility index (Phi) is 8.51. The molecule has 3 heteroatoms. The highest BCUT2D eigenvalue weighted by atomic mass is 79.9. The van der Waals surface area contributed by atoms with Crippen LogP contribution in [0.3, 0.4) is 0 Å². The molecule has 0 aliphatic rings. The predicted molar refractivity (Wildman–Crippen MR) is 60.1 cm³/mol. The van der Waals surface area contributed by atoms with Gasteiger partial charge in [0, 0.05) is 17.8 Å². The molecule has 2 nitrogen and oxygen atoms in total. The average Bonchev–Trinajstić information content (AvgIpc) is 2.14. The predicted octanol–water partition coefficient (Wildman–Crippen LogP) is 2.71. The number of carbonyl (C=O) groups is 1. The third-order valence-electron chi connectivity index (χ3n) is 2.22. The molecule has 0 aliphatic heterocycles. The van der Waals surface area contributed by atoms with Crippen LogP contribution in [0.4, 0.5) is 0 Å². The molecular weight excluding hydrogens is 230 g/mol. The fourth-order valence-electron chi connectivity index (χ4n) is 1.23. The van der Waals surface area contributed by atoms with Crippen molar-refractivity contribution in [3.63, 3.8) is 0 Å². The maximum atomic E-state index is 11.4. The van der Waals surface area contributed by atoms with E-state index in [9.17, 15) is 4.79 Å². The largest absolute Gasteiger partial charge is 0.356 e. The van der Waals surface area contributed by atoms with Crippen LogP contribution < -0.4 is 5.32 Å². The first-order valence-electron chi connectivity index (χ1n) is 5.09. The monoisotopic (exact) mass is 249 g/mol. The number of rotatable bonds is 7. The lowest BCUT2D eigenvalue weighted by Gasteiger charge is -2.12. The van der Waals surface area contributed by atoms with Crippen LogP contribution in [-0.2, 0) is 4.79 Å². The second kappa shape index (κ2) is 8.54. The van der Waals surface area contributed by atoms with Gasteiger partial charge in [0.1, 0.15) is 0 Å². The van der Waals surface area contributed by atoms with Gasteiger partial charge in [-0.1, -0.05) is 29.8 Å². The summed E-state index contributed by atoms with van der Waals surface area (Å²) in [5, 5.41) is 3.98. The number of nitrogens with one attached hydrogen (secondary N) is 1. The highest BCUT2D eigenvalue weighted by Crippen LogP contribution is 2.06. The minimum Gasteiger partial charge on any atom is -0.356 e. The summed E-state index contributed by atoms with van der Waals surface area (Å²) in [6, 6.07) is 0. The van der Waals surface area contributed by atoms with E-state index in [1.165, 1.54) is 0 Å². The first kappa shape index (κ1) is 12.9. The molecule has 1 N–H and O–H groups in total. The van der Waals surface area contributed by atoms with Gasteiger partial charge in [-0.15, -0.1) is 0 Å². The van der Waals surface area contributed by atoms with E-state index in [1.54, 1.807) is 0 Å². The van der Waals surface area contributed by atoms with Gasteiger partial charge >= 0.3 is 0 Å². The number of amides is 1. The maximum absolute atomic E-state index is 11.4. The minimum atomic E-state index is 0.212. The zero-order chi connectivity index (χ0) is 10.1. The van der Waals surface area contributed by atoms with Crippen molar-refractivity contribution >= 4 is 21.8 Å². The molecule has 78 valence electrons. The molecule has 0 unspecified atom stereocenters. The molecule has 0 fully saturated rings. The molecule has 0 aliphatic carbocycles. The lowest BCUT2D eigenvalue weighted by atomic mass is 10.0. The Bertz CT molecular complexity index is 135. The lowest BCUT2D eigenvalue weighted by molar-refractivity contribution is -0.125. The number of carbonyl (C=O) groups excluding carboxylic acids is 1. The van der Waals surface area contributed by atoms with Gasteiger partial charge in [0.15, 0.2) is 0 Å². The Balaban J connectivity index is 3.48. The topological polar surface area (TPSA) is 29.1 Å². The molecule has 0 rings (SSSR count). The van der Waals surface area contributed by atoms with Crippen LogP contribution in [0.15, 0.2) is 0 Å². The quantitative estimate of drug-likeness (QED) is 0.546. The van der Waals surface area contributed by atoms with Crippen LogP contribution >= 0.6 is 15.9 Å². The first-order chi connectivity index (χ1) is 6.26. The van der Waals surface area contributed by atoms with Gasteiger partial charge in [0.05, 0.1) is 0 Å². The van der Waals surface area contributed by atoms with Gasteiger partial charge in [0.2, 0.25) is 5.91 Å². The van der Waals surface area contributed by atoms with Crippen LogP contribution in [-0.4, -0.2) is 17.8 Å². The van der Waals surface area contributed by atoms with Crippen molar-refractivity contribution in [3.05, 3.63) is 0 Å². The van der Waals surface area contributed by atoms with Crippen molar-refractivity contribution < 1.29 is 4.79 Å². The zero-order valence-corrected chi connectivity index (χ0v) is 10.2. The fraction of sp³-hybridized carbons (Fsp3) is 0.900. The summed E-state index contributed by atoms with van der Waals surface area (Å²) in [7, 11) is 0. The van der Waals surface area contributed by atoms with Crippen LogP contribution in [0.5, 0.6) is 0 Å². The van der Waals surface area contributed by atoms with Crippen LogP contribution in [0.2, 0.25) is 0 Å². The fourth-order valence-corrected chi connectivity index (χ4v) is 1.63. The lowest BCUT2D eigenvalue weighted by Crippen LogP contribution is -2.30. The second-order valence-corrected chi connectivity index (χ2v) is 3.99. The molecule has 0 heterocycles. The molecule has 0 aromatic heterocycles. The molecule has 0 spiro atoms. The smallest absolute Gasteiger partial charge is 0.223 e. The summed E-state index contributed by atoms with van der Waals surface area (Å²) in [5.74, 6) is 0.434. The highest BCUT2D eigenvalue weighted by molar-refractivity contribution is 9.09. The number of hydrogen-bond acceptors (Lipinski definition) is 1. The minimum absolute atomic E-state index is 0.212. The summed E-state index contributed by atoms with van der Waals surface area (Å²) in [6.45, 7) is 4.94. The van der Waals surface area contributed by atoms with Crippen molar-refractivity contribution in [1.29, 1.82) is 0 Å². The molecule has 0 saturated heterocycles. The van der Waals surface area contributed by atoms with Gasteiger partial charge in [-0.3, -0.25) is 4.79 Å². The van der Waals surface area contributed by atoms with E-state index in [0.717, 1.165) is 37.6 Å². The van der Waals surface area contributed by atoms with Gasteiger partial charge in [0.25, 0.3) is 0 Å². The van der Waals surface area contributed by atoms with Crippen molar-refractivity contribution in [2.45, 2.75) is 39.5 Å². The molecular formula is C10H20BrNO. The SMILES string of the molecule is CCC(CC)C(=O)NCCCCBr. The number of unbranched alkanes of at least 4 members (excludes halogenated alkanes) is 1. The molecule has 0 aromatic rings. The van der Waals surface area contributed by atoms with E-state index in [0.29, 0.717) is 0 Å². The Hall–Kier alpha value is -0.0500. The van der Waals surface area contributed by atoms with Crippen LogP contribution in [0.1, 0.15) is 39.5 Å². The zero-order valence-electron chi connectivity index (χ0n) is 8.61. The summed E-state index contributed by atoms with van der Waals surface area (Å²) in [6.07, 6.45) is 4.09. The molecule has 13 heavy (non-hydrogen) atoms. The second-order valence-electron chi connectivity index (χ2n) is 3.20. The Morgan fingerprint density at radius 3 is 2.38 bits per heavy atom. The molecule has 0 aromatic carbocycles. The Morgan fingerprint density at radius 1 is 1.31 bits per heavy atom. The van der Waals surface area contributed by atoms with E-state index in [4.69, 9.17) is 0 Å². The summed E-state index contributed by atoms with van der Waals surface area (Å²) in [5.41, 5.74) is 0. The first-order valence-corrected chi connectivity index (χ1v) is 6.22. The number of hydrogen-bond donors (Lipinski definition) is 1. The van der Waals surface area contributed by atoms with Gasteiger partial charge < -0.3 is 5.32 Å². The molecule has 0 saturated carbocycles. The molecule has 0 bridgehead atoms. The Labute approximate surface area is 89.6 Å². The summed E-state index contributed by atoms with van der Waals surface area (Å²) < 4.78 is 0. The van der Waals surface area contributed by atoms with Crippen LogP contribution in [0.25, 0.3) is 0 Å². The Morgan fingerprint density at radius 2 is 1.92 bits per heavy atom. The maximum Gasteiger partial charge on any atom is 0.223 e. The normalized spacial score (nSPS) is 10.5. The summed E-state index contributed by atoms with van der Waals surface area (Å²) >= 11 is 3.36. The van der Waals surface area contributed by atoms with Gasteiger partial charge in [-0.25, -0.2) is 0 Å². The molecule has 1 amide bonds. The average molecular weight is 250 g/mol. The van der Waals surface area contributed by atoms with Crippen molar-refractivity contribution in [1.82, 2.24) is 5.32 Å². The number of alkyl halides is 1. The van der Waals surface area contributed by atoms with E-state index < -0.39 is 0 Å².